The average molecular weight is 198 g/mol. The summed E-state index contributed by atoms with van der Waals surface area (Å²) in [6.45, 7) is 2.14. The van der Waals surface area contributed by atoms with Crippen LogP contribution in [0.2, 0.25) is 5.02 Å². The maximum Gasteiger partial charge on any atom is 0.0676 e. The summed E-state index contributed by atoms with van der Waals surface area (Å²) in [7, 11) is 0. The smallest absolute Gasteiger partial charge is 0.0676 e. The standard InChI is InChI=1S/C9H8ClNS/c1-2-6-3-7-8(10)4-11-5-9(7)12-6/h3-5H,2H2,1H3. The Bertz CT molecular complexity index is 408. The van der Waals surface area contributed by atoms with Crippen LogP contribution in [-0.4, -0.2) is 4.98 Å². The second kappa shape index (κ2) is 3.04. The number of thiophene rings is 1. The van der Waals surface area contributed by atoms with Crippen LogP contribution in [0, 0.1) is 0 Å². The van der Waals surface area contributed by atoms with Crippen LogP contribution in [0.15, 0.2) is 18.5 Å². The molecule has 0 atom stereocenters. The van der Waals surface area contributed by atoms with Gasteiger partial charge in [0.05, 0.1) is 9.72 Å². The van der Waals surface area contributed by atoms with Crippen molar-refractivity contribution in [3.05, 3.63) is 28.4 Å². The molecule has 12 heavy (non-hydrogen) atoms. The average Bonchev–Trinajstić information content (AvgIpc) is 2.49. The summed E-state index contributed by atoms with van der Waals surface area (Å²) < 4.78 is 1.18. The van der Waals surface area contributed by atoms with E-state index in [0.29, 0.717) is 0 Å². The largest absolute Gasteiger partial charge is 0.262 e. The molecule has 0 saturated carbocycles. The number of halogens is 1. The fraction of sp³-hybridized carbons (Fsp3) is 0.222. The van der Waals surface area contributed by atoms with E-state index in [1.54, 1.807) is 17.5 Å². The number of pyridine rings is 1. The summed E-state index contributed by atoms with van der Waals surface area (Å²) in [5.41, 5.74) is 0. The molecule has 0 aliphatic carbocycles. The highest BCUT2D eigenvalue weighted by atomic mass is 35.5. The van der Waals surface area contributed by atoms with E-state index < -0.39 is 0 Å². The number of nitrogens with zero attached hydrogens (tertiary/aromatic N) is 1. The third kappa shape index (κ3) is 1.21. The minimum Gasteiger partial charge on any atom is -0.262 e. The van der Waals surface area contributed by atoms with Crippen LogP contribution in [0.4, 0.5) is 0 Å². The zero-order valence-electron chi connectivity index (χ0n) is 6.67. The molecule has 0 amide bonds. The van der Waals surface area contributed by atoms with Crippen LogP contribution < -0.4 is 0 Å². The number of hydrogen-bond acceptors (Lipinski definition) is 2. The third-order valence-corrected chi connectivity index (χ3v) is 3.31. The Morgan fingerprint density at radius 2 is 2.33 bits per heavy atom. The van der Waals surface area contributed by atoms with Gasteiger partial charge in [-0.2, -0.15) is 0 Å². The summed E-state index contributed by atoms with van der Waals surface area (Å²) in [4.78, 5) is 5.40. The predicted molar refractivity (Wildman–Crippen MR) is 54.0 cm³/mol. The number of aromatic nitrogens is 1. The van der Waals surface area contributed by atoms with E-state index in [1.807, 2.05) is 6.20 Å². The lowest BCUT2D eigenvalue weighted by molar-refractivity contribution is 1.19. The Morgan fingerprint density at radius 1 is 1.50 bits per heavy atom. The molecule has 2 aromatic heterocycles. The molecule has 0 spiro atoms. The SMILES string of the molecule is CCc1cc2c(Cl)cncc2s1. The van der Waals surface area contributed by atoms with E-state index in [1.165, 1.54) is 9.58 Å². The molecule has 1 nitrogen and oxygen atoms in total. The topological polar surface area (TPSA) is 12.9 Å². The Labute approximate surface area is 80.0 Å². The fourth-order valence-corrected chi connectivity index (χ4v) is 2.42. The van der Waals surface area contributed by atoms with Crippen molar-refractivity contribution in [3.63, 3.8) is 0 Å². The van der Waals surface area contributed by atoms with Crippen molar-refractivity contribution in [1.82, 2.24) is 4.98 Å². The van der Waals surface area contributed by atoms with E-state index in [9.17, 15) is 0 Å². The first-order chi connectivity index (χ1) is 5.81. The molecule has 3 heteroatoms. The van der Waals surface area contributed by atoms with Crippen LogP contribution in [-0.2, 0) is 6.42 Å². The van der Waals surface area contributed by atoms with Crippen molar-refractivity contribution < 1.29 is 0 Å². The minimum atomic E-state index is 0.753. The molecule has 2 heterocycles. The van der Waals surface area contributed by atoms with Crippen molar-refractivity contribution in [2.45, 2.75) is 13.3 Å². The first-order valence-corrected chi connectivity index (χ1v) is 5.02. The van der Waals surface area contributed by atoms with Gasteiger partial charge in [-0.1, -0.05) is 18.5 Å². The highest BCUT2D eigenvalue weighted by Gasteiger charge is 2.03. The zero-order valence-corrected chi connectivity index (χ0v) is 8.25. The Kier molecular flexibility index (Phi) is 2.03. The first kappa shape index (κ1) is 8.02. The zero-order chi connectivity index (χ0) is 8.55. The maximum absolute atomic E-state index is 5.97. The number of hydrogen-bond donors (Lipinski definition) is 0. The van der Waals surface area contributed by atoms with Gasteiger partial charge in [0, 0.05) is 22.7 Å². The fourth-order valence-electron chi connectivity index (χ4n) is 1.15. The molecule has 62 valence electrons. The van der Waals surface area contributed by atoms with Crippen LogP contribution in [0.3, 0.4) is 0 Å². The molecule has 0 unspecified atom stereocenters. The van der Waals surface area contributed by atoms with Crippen LogP contribution in [0.25, 0.3) is 10.1 Å². The van der Waals surface area contributed by atoms with Crippen LogP contribution in [0.5, 0.6) is 0 Å². The highest BCUT2D eigenvalue weighted by Crippen LogP contribution is 2.29. The van der Waals surface area contributed by atoms with Crippen molar-refractivity contribution >= 4 is 33.0 Å². The predicted octanol–water partition coefficient (Wildman–Crippen LogP) is 3.51. The van der Waals surface area contributed by atoms with Gasteiger partial charge in [0.15, 0.2) is 0 Å². The van der Waals surface area contributed by atoms with Crippen molar-refractivity contribution in [1.29, 1.82) is 0 Å². The summed E-state index contributed by atoms with van der Waals surface area (Å²) >= 11 is 7.74. The monoisotopic (exact) mass is 197 g/mol. The third-order valence-electron chi connectivity index (χ3n) is 1.80. The quantitative estimate of drug-likeness (QED) is 0.682. The normalized spacial score (nSPS) is 10.8. The molecule has 0 aromatic carbocycles. The summed E-state index contributed by atoms with van der Waals surface area (Å²) in [6.07, 6.45) is 4.62. The van der Waals surface area contributed by atoms with Crippen LogP contribution in [0.1, 0.15) is 11.8 Å². The molecule has 0 fully saturated rings. The van der Waals surface area contributed by atoms with Crippen molar-refractivity contribution in [3.8, 4) is 0 Å². The number of rotatable bonds is 1. The molecule has 2 rings (SSSR count). The van der Waals surface area contributed by atoms with Crippen LogP contribution >= 0.6 is 22.9 Å². The summed E-state index contributed by atoms with van der Waals surface area (Å²) in [5.74, 6) is 0. The molecule has 0 N–H and O–H groups in total. The number of fused-ring (bicyclic) bond motifs is 1. The number of aryl methyl sites for hydroxylation is 1. The van der Waals surface area contributed by atoms with Gasteiger partial charge in [0.2, 0.25) is 0 Å². The van der Waals surface area contributed by atoms with E-state index in [2.05, 4.69) is 18.0 Å². The van der Waals surface area contributed by atoms with Gasteiger partial charge in [-0.05, 0) is 12.5 Å². The Morgan fingerprint density at radius 3 is 3.00 bits per heavy atom. The molecular weight excluding hydrogens is 190 g/mol. The van der Waals surface area contributed by atoms with Gasteiger partial charge in [0.1, 0.15) is 0 Å². The van der Waals surface area contributed by atoms with Gasteiger partial charge in [-0.25, -0.2) is 0 Å². The van der Waals surface area contributed by atoms with Gasteiger partial charge < -0.3 is 0 Å². The molecule has 0 aliphatic rings. The van der Waals surface area contributed by atoms with E-state index >= 15 is 0 Å². The van der Waals surface area contributed by atoms with Gasteiger partial charge >= 0.3 is 0 Å². The second-order valence-electron chi connectivity index (χ2n) is 2.60. The van der Waals surface area contributed by atoms with E-state index in [4.69, 9.17) is 11.6 Å². The summed E-state index contributed by atoms with van der Waals surface area (Å²) in [5, 5.41) is 1.89. The maximum atomic E-state index is 5.97. The minimum absolute atomic E-state index is 0.753. The lowest BCUT2D eigenvalue weighted by Gasteiger charge is -1.88. The Balaban J connectivity index is 2.74. The van der Waals surface area contributed by atoms with E-state index in [0.717, 1.165) is 16.8 Å². The lowest BCUT2D eigenvalue weighted by atomic mass is 10.3. The van der Waals surface area contributed by atoms with Gasteiger partial charge in [-0.15, -0.1) is 11.3 Å². The van der Waals surface area contributed by atoms with Gasteiger partial charge in [0.25, 0.3) is 0 Å². The van der Waals surface area contributed by atoms with E-state index in [-0.39, 0.29) is 0 Å². The second-order valence-corrected chi connectivity index (χ2v) is 4.17. The molecular formula is C9H8ClNS. The molecule has 0 aliphatic heterocycles. The van der Waals surface area contributed by atoms with Crippen molar-refractivity contribution in [2.24, 2.45) is 0 Å². The molecule has 0 saturated heterocycles. The van der Waals surface area contributed by atoms with Crippen molar-refractivity contribution in [2.75, 3.05) is 0 Å². The highest BCUT2D eigenvalue weighted by molar-refractivity contribution is 7.19. The summed E-state index contributed by atoms with van der Waals surface area (Å²) in [6, 6.07) is 2.14. The lowest BCUT2D eigenvalue weighted by Crippen LogP contribution is -1.69. The molecule has 0 radical (unpaired) electrons. The molecule has 0 bridgehead atoms. The van der Waals surface area contributed by atoms with Gasteiger partial charge in [-0.3, -0.25) is 4.98 Å². The molecule has 2 aromatic rings. The Hall–Kier alpha value is -0.600. The first-order valence-electron chi connectivity index (χ1n) is 3.83.